The highest BCUT2D eigenvalue weighted by molar-refractivity contribution is 9.10. The highest BCUT2D eigenvalue weighted by Crippen LogP contribution is 2.29. The zero-order chi connectivity index (χ0) is 11.6. The molecule has 0 fully saturated rings. The third-order valence-corrected chi connectivity index (χ3v) is 2.88. The largest absolute Gasteiger partial charge is 0.348 e. The third kappa shape index (κ3) is 2.04. The van der Waals surface area contributed by atoms with Crippen molar-refractivity contribution in [2.45, 2.75) is 27.3 Å². The Balaban J connectivity index is 0.000000531. The number of fused-ring (bicyclic) bond motifs is 1. The van der Waals surface area contributed by atoms with Crippen LogP contribution in [-0.4, -0.2) is 5.91 Å². The predicted octanol–water partition coefficient (Wildman–Crippen LogP) is 3.17. The topological polar surface area (TPSA) is 29.1 Å². The zero-order valence-electron chi connectivity index (χ0n) is 8.95. The van der Waals surface area contributed by atoms with E-state index in [9.17, 15) is 9.18 Å². The number of carbonyl (C=O) groups excluding carboxylic acids is 1. The van der Waals surface area contributed by atoms with Crippen LogP contribution in [0.4, 0.5) is 4.39 Å². The Labute approximate surface area is 97.0 Å². The van der Waals surface area contributed by atoms with Gasteiger partial charge in [-0.25, -0.2) is 4.39 Å². The molecule has 2 nitrogen and oxygen atoms in total. The minimum atomic E-state index is -0.276. The second-order valence-electron chi connectivity index (χ2n) is 3.00. The smallest absolute Gasteiger partial charge is 0.253 e. The second kappa shape index (κ2) is 4.75. The Morgan fingerprint density at radius 3 is 2.67 bits per heavy atom. The van der Waals surface area contributed by atoms with Gasteiger partial charge in [-0.1, -0.05) is 13.8 Å². The molecule has 15 heavy (non-hydrogen) atoms. The number of carbonyl (C=O) groups is 1. The first-order valence-electron chi connectivity index (χ1n) is 4.87. The molecule has 0 bridgehead atoms. The Morgan fingerprint density at radius 2 is 2.07 bits per heavy atom. The monoisotopic (exact) mass is 273 g/mol. The number of nitrogens with one attached hydrogen (secondary N) is 1. The van der Waals surface area contributed by atoms with Crippen LogP contribution < -0.4 is 5.32 Å². The minimum absolute atomic E-state index is 0.134. The highest BCUT2D eigenvalue weighted by Gasteiger charge is 2.25. The van der Waals surface area contributed by atoms with E-state index < -0.39 is 0 Å². The average Bonchev–Trinajstić information content (AvgIpc) is 2.61. The van der Waals surface area contributed by atoms with Crippen LogP contribution >= 0.6 is 15.9 Å². The van der Waals surface area contributed by atoms with Crippen molar-refractivity contribution in [2.75, 3.05) is 0 Å². The number of benzene rings is 1. The molecule has 1 heterocycles. The standard InChI is InChI=1S/C9H7BrFNO.C2H6/c1-4-5-3-12-9(13)8(5)6(10)2-7(4)11;1-2/h2H,3H2,1H3,(H,12,13);1-2H3. The molecule has 0 radical (unpaired) electrons. The quantitative estimate of drug-likeness (QED) is 0.773. The van der Waals surface area contributed by atoms with Crippen molar-refractivity contribution in [3.63, 3.8) is 0 Å². The van der Waals surface area contributed by atoms with Gasteiger partial charge in [-0.15, -0.1) is 0 Å². The van der Waals surface area contributed by atoms with Gasteiger partial charge in [0.25, 0.3) is 5.91 Å². The number of hydrogen-bond donors (Lipinski definition) is 1. The van der Waals surface area contributed by atoms with Crippen molar-refractivity contribution in [3.05, 3.63) is 33.0 Å². The number of hydrogen-bond acceptors (Lipinski definition) is 1. The van der Waals surface area contributed by atoms with E-state index in [0.717, 1.165) is 5.56 Å². The number of halogens is 2. The van der Waals surface area contributed by atoms with Gasteiger partial charge in [-0.3, -0.25) is 4.79 Å². The van der Waals surface area contributed by atoms with Crippen molar-refractivity contribution in [1.82, 2.24) is 5.32 Å². The van der Waals surface area contributed by atoms with Gasteiger partial charge in [0.05, 0.1) is 5.56 Å². The van der Waals surface area contributed by atoms with Crippen molar-refractivity contribution >= 4 is 21.8 Å². The summed E-state index contributed by atoms with van der Waals surface area (Å²) in [6.45, 7) is 6.11. The number of rotatable bonds is 0. The molecule has 0 aromatic heterocycles. The number of amides is 1. The van der Waals surface area contributed by atoms with Crippen LogP contribution in [0.1, 0.15) is 35.3 Å². The molecule has 1 N–H and O–H groups in total. The van der Waals surface area contributed by atoms with Crippen LogP contribution in [0.15, 0.2) is 10.5 Å². The van der Waals surface area contributed by atoms with Gasteiger partial charge in [-0.05, 0) is 40.0 Å². The maximum atomic E-state index is 13.2. The maximum Gasteiger partial charge on any atom is 0.253 e. The van der Waals surface area contributed by atoms with Crippen molar-refractivity contribution in [2.24, 2.45) is 0 Å². The summed E-state index contributed by atoms with van der Waals surface area (Å²) in [4.78, 5) is 11.3. The molecule has 0 saturated carbocycles. The Morgan fingerprint density at radius 1 is 1.47 bits per heavy atom. The van der Waals surface area contributed by atoms with Crippen LogP contribution in [-0.2, 0) is 6.54 Å². The van der Waals surface area contributed by atoms with E-state index in [2.05, 4.69) is 21.2 Å². The van der Waals surface area contributed by atoms with E-state index >= 15 is 0 Å². The molecule has 1 aliphatic rings. The molecule has 0 unspecified atom stereocenters. The van der Waals surface area contributed by atoms with Crippen LogP contribution in [0, 0.1) is 12.7 Å². The highest BCUT2D eigenvalue weighted by atomic mass is 79.9. The first-order chi connectivity index (χ1) is 7.11. The molecule has 1 amide bonds. The summed E-state index contributed by atoms with van der Waals surface area (Å²) in [6.07, 6.45) is 0. The summed E-state index contributed by atoms with van der Waals surface area (Å²) < 4.78 is 13.7. The Bertz CT molecular complexity index is 404. The summed E-state index contributed by atoms with van der Waals surface area (Å²) >= 11 is 3.17. The normalized spacial score (nSPS) is 12.7. The summed E-state index contributed by atoms with van der Waals surface area (Å²) in [5.41, 5.74) is 1.88. The van der Waals surface area contributed by atoms with E-state index in [1.165, 1.54) is 6.07 Å². The fourth-order valence-electron chi connectivity index (χ4n) is 1.49. The summed E-state index contributed by atoms with van der Waals surface area (Å²) in [5.74, 6) is -0.410. The minimum Gasteiger partial charge on any atom is -0.348 e. The molecular weight excluding hydrogens is 261 g/mol. The van der Waals surface area contributed by atoms with E-state index in [1.54, 1.807) is 6.92 Å². The van der Waals surface area contributed by atoms with Gasteiger partial charge in [0.15, 0.2) is 0 Å². The van der Waals surface area contributed by atoms with Crippen molar-refractivity contribution < 1.29 is 9.18 Å². The third-order valence-electron chi connectivity index (χ3n) is 2.26. The van der Waals surface area contributed by atoms with E-state index in [-0.39, 0.29) is 11.7 Å². The lowest BCUT2D eigenvalue weighted by molar-refractivity contribution is 0.0965. The second-order valence-corrected chi connectivity index (χ2v) is 3.86. The average molecular weight is 274 g/mol. The molecule has 1 aromatic carbocycles. The molecule has 0 spiro atoms. The van der Waals surface area contributed by atoms with Gasteiger partial charge in [0.2, 0.25) is 0 Å². The van der Waals surface area contributed by atoms with Gasteiger partial charge in [0.1, 0.15) is 5.82 Å². The molecule has 1 aromatic rings. The van der Waals surface area contributed by atoms with Gasteiger partial charge in [-0.2, -0.15) is 0 Å². The lowest BCUT2D eigenvalue weighted by Crippen LogP contribution is -2.12. The first-order valence-corrected chi connectivity index (χ1v) is 5.66. The van der Waals surface area contributed by atoms with Gasteiger partial charge < -0.3 is 5.32 Å². The van der Waals surface area contributed by atoms with Gasteiger partial charge in [0, 0.05) is 11.0 Å². The summed E-state index contributed by atoms with van der Waals surface area (Å²) in [7, 11) is 0. The molecule has 4 heteroatoms. The molecule has 82 valence electrons. The van der Waals surface area contributed by atoms with Crippen molar-refractivity contribution in [3.8, 4) is 0 Å². The fourth-order valence-corrected chi connectivity index (χ4v) is 2.11. The molecule has 0 saturated heterocycles. The van der Waals surface area contributed by atoms with Crippen LogP contribution in [0.5, 0.6) is 0 Å². The SMILES string of the molecule is CC.Cc1c(F)cc(Br)c2c1CNC2=O. The predicted molar refractivity (Wildman–Crippen MR) is 61.4 cm³/mol. The maximum absolute atomic E-state index is 13.2. The summed E-state index contributed by atoms with van der Waals surface area (Å²) in [6, 6.07) is 1.33. The Kier molecular flexibility index (Phi) is 3.85. The van der Waals surface area contributed by atoms with Crippen LogP contribution in [0.2, 0.25) is 0 Å². The van der Waals surface area contributed by atoms with Crippen LogP contribution in [0.25, 0.3) is 0 Å². The molecule has 0 atom stereocenters. The lowest BCUT2D eigenvalue weighted by Gasteiger charge is -2.04. The molecule has 1 aliphatic heterocycles. The van der Waals surface area contributed by atoms with E-state index in [4.69, 9.17) is 0 Å². The lowest BCUT2D eigenvalue weighted by atomic mass is 10.0. The fraction of sp³-hybridized carbons (Fsp3) is 0.364. The molecular formula is C11H13BrFNO. The van der Waals surface area contributed by atoms with Gasteiger partial charge >= 0.3 is 0 Å². The zero-order valence-corrected chi connectivity index (χ0v) is 10.5. The summed E-state index contributed by atoms with van der Waals surface area (Å²) in [5, 5.41) is 2.66. The van der Waals surface area contributed by atoms with E-state index in [0.29, 0.717) is 22.1 Å². The molecule has 0 aliphatic carbocycles. The van der Waals surface area contributed by atoms with Crippen molar-refractivity contribution in [1.29, 1.82) is 0 Å². The Hall–Kier alpha value is -0.900. The molecule has 2 rings (SSSR count). The van der Waals surface area contributed by atoms with Crippen LogP contribution in [0.3, 0.4) is 0 Å². The van der Waals surface area contributed by atoms with E-state index in [1.807, 2.05) is 13.8 Å². The first kappa shape index (κ1) is 12.2.